The topological polar surface area (TPSA) is 54.4 Å². The monoisotopic (exact) mass is 272 g/mol. The molecular weight excluding hydrogens is 252 g/mol. The predicted molar refractivity (Wildman–Crippen MR) is 78.8 cm³/mol. The van der Waals surface area contributed by atoms with E-state index in [1.807, 2.05) is 36.4 Å². The van der Waals surface area contributed by atoms with Gasteiger partial charge in [0.05, 0.1) is 6.61 Å². The molecule has 1 aromatic heterocycles. The molecule has 0 bridgehead atoms. The van der Waals surface area contributed by atoms with Gasteiger partial charge in [0, 0.05) is 18.3 Å². The highest BCUT2D eigenvalue weighted by atomic mass is 16.5. The largest absolute Gasteiger partial charge is 0.439 e. The first-order valence-corrected chi connectivity index (χ1v) is 6.80. The Bertz CT molecular complexity index is 540. The summed E-state index contributed by atoms with van der Waals surface area (Å²) in [7, 11) is 0. The molecule has 4 nitrogen and oxygen atoms in total. The van der Waals surface area contributed by atoms with E-state index in [2.05, 4.69) is 24.1 Å². The second kappa shape index (κ2) is 7.03. The van der Waals surface area contributed by atoms with E-state index in [0.717, 1.165) is 17.7 Å². The highest BCUT2D eigenvalue weighted by Crippen LogP contribution is 2.22. The summed E-state index contributed by atoms with van der Waals surface area (Å²) in [4.78, 5) is 4.22. The van der Waals surface area contributed by atoms with Crippen molar-refractivity contribution in [1.82, 2.24) is 10.3 Å². The van der Waals surface area contributed by atoms with E-state index in [0.29, 0.717) is 11.6 Å². The summed E-state index contributed by atoms with van der Waals surface area (Å²) in [6.45, 7) is 5.15. The summed E-state index contributed by atoms with van der Waals surface area (Å²) in [5.74, 6) is 1.28. The maximum absolute atomic E-state index is 9.01. The molecule has 0 spiro atoms. The third kappa shape index (κ3) is 3.79. The molecule has 0 saturated heterocycles. The van der Waals surface area contributed by atoms with Crippen LogP contribution in [0.15, 0.2) is 42.6 Å². The average Bonchev–Trinajstić information content (AvgIpc) is 2.48. The standard InChI is InChI=1S/C16H20N2O2/c1-3-17-12(2)14-8-9-18-16(10-14)20-15-6-4-13(11-19)5-7-15/h4-10,12,17,19H,3,11H2,1-2H3. The van der Waals surface area contributed by atoms with Gasteiger partial charge < -0.3 is 15.2 Å². The van der Waals surface area contributed by atoms with E-state index >= 15 is 0 Å². The number of ether oxygens (including phenoxy) is 1. The van der Waals surface area contributed by atoms with Gasteiger partial charge in [-0.3, -0.25) is 0 Å². The van der Waals surface area contributed by atoms with E-state index < -0.39 is 0 Å². The summed E-state index contributed by atoms with van der Waals surface area (Å²) < 4.78 is 5.73. The lowest BCUT2D eigenvalue weighted by Crippen LogP contribution is -2.17. The Kier molecular flexibility index (Phi) is 5.09. The lowest BCUT2D eigenvalue weighted by Gasteiger charge is -2.13. The molecule has 2 N–H and O–H groups in total. The Balaban J connectivity index is 2.10. The van der Waals surface area contributed by atoms with Gasteiger partial charge in [-0.25, -0.2) is 4.98 Å². The molecule has 0 amide bonds. The fraction of sp³-hybridized carbons (Fsp3) is 0.312. The number of benzene rings is 1. The molecule has 1 aromatic carbocycles. The van der Waals surface area contributed by atoms with E-state index in [1.54, 1.807) is 6.20 Å². The van der Waals surface area contributed by atoms with Crippen LogP contribution in [0.2, 0.25) is 0 Å². The third-order valence-electron chi connectivity index (χ3n) is 3.10. The molecule has 0 aliphatic rings. The van der Waals surface area contributed by atoms with Crippen LogP contribution in [-0.4, -0.2) is 16.6 Å². The summed E-state index contributed by atoms with van der Waals surface area (Å²) >= 11 is 0. The molecule has 1 unspecified atom stereocenters. The molecule has 106 valence electrons. The summed E-state index contributed by atoms with van der Waals surface area (Å²) in [5, 5.41) is 12.4. The van der Waals surface area contributed by atoms with E-state index in [9.17, 15) is 0 Å². The molecule has 20 heavy (non-hydrogen) atoms. The lowest BCUT2D eigenvalue weighted by atomic mass is 10.1. The Morgan fingerprint density at radius 1 is 1.25 bits per heavy atom. The second-order valence-electron chi connectivity index (χ2n) is 4.61. The van der Waals surface area contributed by atoms with Crippen molar-refractivity contribution in [3.8, 4) is 11.6 Å². The van der Waals surface area contributed by atoms with Crippen LogP contribution in [0.25, 0.3) is 0 Å². The van der Waals surface area contributed by atoms with E-state index in [1.165, 1.54) is 0 Å². The number of aromatic nitrogens is 1. The number of nitrogens with zero attached hydrogens (tertiary/aromatic N) is 1. The Hall–Kier alpha value is -1.91. The quantitative estimate of drug-likeness (QED) is 0.848. The van der Waals surface area contributed by atoms with Crippen LogP contribution in [0.1, 0.15) is 31.0 Å². The van der Waals surface area contributed by atoms with Crippen LogP contribution in [-0.2, 0) is 6.61 Å². The Morgan fingerprint density at radius 3 is 2.65 bits per heavy atom. The van der Waals surface area contributed by atoms with Crippen molar-refractivity contribution >= 4 is 0 Å². The van der Waals surface area contributed by atoms with Crippen molar-refractivity contribution in [2.45, 2.75) is 26.5 Å². The predicted octanol–water partition coefficient (Wildman–Crippen LogP) is 3.04. The Labute approximate surface area is 119 Å². The van der Waals surface area contributed by atoms with Gasteiger partial charge in [0.25, 0.3) is 0 Å². The van der Waals surface area contributed by atoms with Gasteiger partial charge in [0.1, 0.15) is 5.75 Å². The first-order chi connectivity index (χ1) is 9.72. The molecule has 4 heteroatoms. The van der Waals surface area contributed by atoms with Gasteiger partial charge >= 0.3 is 0 Å². The second-order valence-corrected chi connectivity index (χ2v) is 4.61. The van der Waals surface area contributed by atoms with Crippen LogP contribution in [0.4, 0.5) is 0 Å². The van der Waals surface area contributed by atoms with Crippen molar-refractivity contribution < 1.29 is 9.84 Å². The molecule has 0 fully saturated rings. The maximum Gasteiger partial charge on any atom is 0.219 e. The van der Waals surface area contributed by atoms with Crippen molar-refractivity contribution in [1.29, 1.82) is 0 Å². The zero-order valence-electron chi connectivity index (χ0n) is 11.8. The smallest absolute Gasteiger partial charge is 0.219 e. The molecule has 1 atom stereocenters. The normalized spacial score (nSPS) is 12.2. The minimum Gasteiger partial charge on any atom is -0.439 e. The number of hydrogen-bond acceptors (Lipinski definition) is 4. The summed E-state index contributed by atoms with van der Waals surface area (Å²) in [6.07, 6.45) is 1.75. The van der Waals surface area contributed by atoms with Gasteiger partial charge in [0.2, 0.25) is 5.88 Å². The Morgan fingerprint density at radius 2 is 2.00 bits per heavy atom. The third-order valence-corrected chi connectivity index (χ3v) is 3.10. The number of rotatable bonds is 6. The first kappa shape index (κ1) is 14.5. The van der Waals surface area contributed by atoms with Crippen LogP contribution < -0.4 is 10.1 Å². The molecule has 0 aliphatic heterocycles. The highest BCUT2D eigenvalue weighted by Gasteiger charge is 2.06. The molecule has 0 saturated carbocycles. The number of hydrogen-bond donors (Lipinski definition) is 2. The zero-order chi connectivity index (χ0) is 14.4. The van der Waals surface area contributed by atoms with Gasteiger partial charge in [-0.2, -0.15) is 0 Å². The fourth-order valence-corrected chi connectivity index (χ4v) is 1.96. The molecule has 0 aliphatic carbocycles. The van der Waals surface area contributed by atoms with Crippen molar-refractivity contribution in [2.75, 3.05) is 6.54 Å². The van der Waals surface area contributed by atoms with Crippen molar-refractivity contribution in [3.05, 3.63) is 53.7 Å². The summed E-state index contributed by atoms with van der Waals surface area (Å²) in [6, 6.07) is 11.5. The van der Waals surface area contributed by atoms with E-state index in [-0.39, 0.29) is 12.6 Å². The average molecular weight is 272 g/mol. The fourth-order valence-electron chi connectivity index (χ4n) is 1.96. The number of nitrogens with one attached hydrogen (secondary N) is 1. The minimum atomic E-state index is 0.0359. The molecule has 0 radical (unpaired) electrons. The van der Waals surface area contributed by atoms with Gasteiger partial charge in [-0.1, -0.05) is 19.1 Å². The number of aliphatic hydroxyl groups is 1. The lowest BCUT2D eigenvalue weighted by molar-refractivity contribution is 0.281. The maximum atomic E-state index is 9.01. The molecule has 2 aromatic rings. The van der Waals surface area contributed by atoms with Gasteiger partial charge in [-0.05, 0) is 42.8 Å². The van der Waals surface area contributed by atoms with Crippen molar-refractivity contribution in [2.24, 2.45) is 0 Å². The SMILES string of the molecule is CCNC(C)c1ccnc(Oc2ccc(CO)cc2)c1. The number of aliphatic hydroxyl groups excluding tert-OH is 1. The van der Waals surface area contributed by atoms with Gasteiger partial charge in [-0.15, -0.1) is 0 Å². The van der Waals surface area contributed by atoms with Crippen molar-refractivity contribution in [3.63, 3.8) is 0 Å². The van der Waals surface area contributed by atoms with Crippen LogP contribution in [0.3, 0.4) is 0 Å². The zero-order valence-corrected chi connectivity index (χ0v) is 11.8. The molecule has 1 heterocycles. The minimum absolute atomic E-state index is 0.0359. The highest BCUT2D eigenvalue weighted by molar-refractivity contribution is 5.32. The summed E-state index contributed by atoms with van der Waals surface area (Å²) in [5.41, 5.74) is 2.00. The van der Waals surface area contributed by atoms with Crippen LogP contribution >= 0.6 is 0 Å². The molecule has 2 rings (SSSR count). The first-order valence-electron chi connectivity index (χ1n) is 6.80. The number of pyridine rings is 1. The van der Waals surface area contributed by atoms with Crippen LogP contribution in [0.5, 0.6) is 11.6 Å². The van der Waals surface area contributed by atoms with Gasteiger partial charge in [0.15, 0.2) is 0 Å². The molecular formula is C16H20N2O2. The van der Waals surface area contributed by atoms with E-state index in [4.69, 9.17) is 9.84 Å². The van der Waals surface area contributed by atoms with Crippen LogP contribution in [0, 0.1) is 0 Å².